The number of piperidine rings is 1. The zero-order valence-corrected chi connectivity index (χ0v) is 20.7. The Morgan fingerprint density at radius 1 is 1.00 bits per heavy atom. The van der Waals surface area contributed by atoms with E-state index in [0.29, 0.717) is 24.8 Å². The van der Waals surface area contributed by atoms with Crippen LogP contribution in [0.2, 0.25) is 0 Å². The van der Waals surface area contributed by atoms with Crippen LogP contribution in [-0.4, -0.2) is 46.5 Å². The van der Waals surface area contributed by atoms with Gasteiger partial charge in [-0.25, -0.2) is 9.18 Å². The van der Waals surface area contributed by atoms with Crippen molar-refractivity contribution in [3.05, 3.63) is 65.5 Å². The first-order valence-electron chi connectivity index (χ1n) is 12.8. The van der Waals surface area contributed by atoms with E-state index in [9.17, 15) is 23.9 Å². The Hall–Kier alpha value is -3.42. The highest BCUT2D eigenvalue weighted by atomic mass is 19.1. The van der Waals surface area contributed by atoms with E-state index in [4.69, 9.17) is 0 Å². The Bertz CT molecular complexity index is 1100. The molecule has 2 N–H and O–H groups in total. The first-order chi connectivity index (χ1) is 17.4. The number of amides is 3. The molecule has 2 aromatic rings. The van der Waals surface area contributed by atoms with Gasteiger partial charge in [0.25, 0.3) is 5.91 Å². The second kappa shape index (κ2) is 11.5. The summed E-state index contributed by atoms with van der Waals surface area (Å²) >= 11 is 0. The fraction of sp³-hybridized carbons (Fsp3) is 0.464. The van der Waals surface area contributed by atoms with Crippen LogP contribution in [0.4, 0.5) is 14.9 Å². The van der Waals surface area contributed by atoms with Gasteiger partial charge in [-0.05, 0) is 68.4 Å². The van der Waals surface area contributed by atoms with Crippen LogP contribution < -0.4 is 10.2 Å². The Labute approximate surface area is 211 Å². The molecule has 192 valence electrons. The summed E-state index contributed by atoms with van der Waals surface area (Å²) in [6.07, 6.45) is 5.47. The molecule has 1 saturated carbocycles. The maximum atomic E-state index is 14.4. The van der Waals surface area contributed by atoms with Crippen molar-refractivity contribution in [3.8, 4) is 0 Å². The van der Waals surface area contributed by atoms with Crippen molar-refractivity contribution in [1.82, 2.24) is 10.2 Å². The second-order valence-corrected chi connectivity index (χ2v) is 9.78. The van der Waals surface area contributed by atoms with Crippen LogP contribution in [0.25, 0.3) is 0 Å². The monoisotopic (exact) mass is 495 g/mol. The highest BCUT2D eigenvalue weighted by Crippen LogP contribution is 2.33. The summed E-state index contributed by atoms with van der Waals surface area (Å²) in [5.74, 6) is -1.40. The number of carbonyl (C=O) groups excluding carboxylic acids is 2. The van der Waals surface area contributed by atoms with Crippen LogP contribution in [0.3, 0.4) is 0 Å². The molecular weight excluding hydrogens is 461 g/mol. The van der Waals surface area contributed by atoms with Gasteiger partial charge in [0.05, 0.1) is 0 Å². The second-order valence-electron chi connectivity index (χ2n) is 9.78. The molecule has 1 aliphatic carbocycles. The summed E-state index contributed by atoms with van der Waals surface area (Å²) < 4.78 is 14.4. The SMILES string of the molecule is Cc1ccccc1C(C(=O)NC1CCCCC1)N(C(=O)C1CCCCN1C(=O)O)c1cccc(F)c1. The molecule has 2 aliphatic rings. The van der Waals surface area contributed by atoms with Crippen LogP contribution in [0, 0.1) is 12.7 Å². The zero-order chi connectivity index (χ0) is 25.7. The molecule has 8 heteroatoms. The lowest BCUT2D eigenvalue weighted by Gasteiger charge is -2.39. The number of aryl methyl sites for hydroxylation is 1. The number of halogens is 1. The van der Waals surface area contributed by atoms with Gasteiger partial charge in [-0.1, -0.05) is 49.6 Å². The van der Waals surface area contributed by atoms with Crippen molar-refractivity contribution in [1.29, 1.82) is 0 Å². The molecule has 1 heterocycles. The summed E-state index contributed by atoms with van der Waals surface area (Å²) in [6, 6.07) is 10.9. The molecule has 7 nitrogen and oxygen atoms in total. The maximum Gasteiger partial charge on any atom is 0.407 e. The van der Waals surface area contributed by atoms with Crippen molar-refractivity contribution < 1.29 is 23.9 Å². The zero-order valence-electron chi connectivity index (χ0n) is 20.7. The molecule has 0 aromatic heterocycles. The van der Waals surface area contributed by atoms with E-state index in [1.165, 1.54) is 23.1 Å². The minimum absolute atomic E-state index is 0.00688. The lowest BCUT2D eigenvalue weighted by molar-refractivity contribution is -0.129. The van der Waals surface area contributed by atoms with Crippen LogP contribution in [0.5, 0.6) is 0 Å². The topological polar surface area (TPSA) is 90.0 Å². The molecule has 0 bridgehead atoms. The fourth-order valence-corrected chi connectivity index (χ4v) is 5.43. The average molecular weight is 496 g/mol. The standard InChI is InChI=1S/C28H34FN3O4/c1-19-10-5-6-15-23(19)25(26(33)30-21-12-3-2-4-13-21)32(22-14-9-11-20(29)18-22)27(34)24-16-7-8-17-31(24)28(35)36/h5-6,9-11,14-15,18,21,24-25H,2-4,7-8,12-13,16-17H2,1H3,(H,30,33)(H,35,36). The van der Waals surface area contributed by atoms with E-state index in [1.54, 1.807) is 12.1 Å². The summed E-state index contributed by atoms with van der Waals surface area (Å²) in [5, 5.41) is 12.9. The number of carbonyl (C=O) groups is 3. The highest BCUT2D eigenvalue weighted by Gasteiger charge is 2.41. The van der Waals surface area contributed by atoms with Crippen LogP contribution in [-0.2, 0) is 9.59 Å². The van der Waals surface area contributed by atoms with E-state index in [2.05, 4.69) is 5.32 Å². The molecule has 36 heavy (non-hydrogen) atoms. The summed E-state index contributed by atoms with van der Waals surface area (Å²) in [6.45, 7) is 2.11. The third-order valence-corrected chi connectivity index (χ3v) is 7.30. The third kappa shape index (κ3) is 5.69. The van der Waals surface area contributed by atoms with Crippen LogP contribution in [0.1, 0.15) is 68.5 Å². The molecule has 4 rings (SSSR count). The van der Waals surface area contributed by atoms with Gasteiger partial charge in [0, 0.05) is 18.3 Å². The van der Waals surface area contributed by atoms with Gasteiger partial charge in [-0.3, -0.25) is 19.4 Å². The van der Waals surface area contributed by atoms with Crippen molar-refractivity contribution in [2.24, 2.45) is 0 Å². The van der Waals surface area contributed by atoms with Crippen molar-refractivity contribution in [3.63, 3.8) is 0 Å². The van der Waals surface area contributed by atoms with Crippen LogP contribution >= 0.6 is 0 Å². The minimum Gasteiger partial charge on any atom is -0.465 e. The van der Waals surface area contributed by atoms with Gasteiger partial charge < -0.3 is 10.4 Å². The summed E-state index contributed by atoms with van der Waals surface area (Å²) in [7, 11) is 0. The number of anilines is 1. The number of nitrogens with zero attached hydrogens (tertiary/aromatic N) is 2. The number of rotatable bonds is 6. The number of nitrogens with one attached hydrogen (secondary N) is 1. The Morgan fingerprint density at radius 2 is 1.72 bits per heavy atom. The average Bonchev–Trinajstić information content (AvgIpc) is 2.88. The van der Waals surface area contributed by atoms with Gasteiger partial charge in [0.15, 0.2) is 0 Å². The van der Waals surface area contributed by atoms with Crippen molar-refractivity contribution in [2.45, 2.75) is 76.4 Å². The first kappa shape index (κ1) is 25.7. The third-order valence-electron chi connectivity index (χ3n) is 7.30. The van der Waals surface area contributed by atoms with E-state index in [-0.39, 0.29) is 24.2 Å². The predicted molar refractivity (Wildman–Crippen MR) is 135 cm³/mol. The quantitative estimate of drug-likeness (QED) is 0.577. The van der Waals surface area contributed by atoms with E-state index >= 15 is 0 Å². The van der Waals surface area contributed by atoms with Gasteiger partial charge in [-0.15, -0.1) is 0 Å². The molecule has 2 fully saturated rings. The molecule has 2 unspecified atom stereocenters. The van der Waals surface area contributed by atoms with Gasteiger partial charge in [0.1, 0.15) is 17.9 Å². The van der Waals surface area contributed by atoms with Crippen molar-refractivity contribution >= 4 is 23.6 Å². The Kier molecular flexibility index (Phi) is 8.23. The van der Waals surface area contributed by atoms with Gasteiger partial charge in [-0.2, -0.15) is 0 Å². The van der Waals surface area contributed by atoms with Gasteiger partial charge >= 0.3 is 6.09 Å². The maximum absolute atomic E-state index is 14.4. The number of likely N-dealkylation sites (tertiary alicyclic amines) is 1. The van der Waals surface area contributed by atoms with E-state index in [1.807, 2.05) is 25.1 Å². The Balaban J connectivity index is 1.81. The summed E-state index contributed by atoms with van der Waals surface area (Å²) in [4.78, 5) is 42.6. The minimum atomic E-state index is -1.17. The number of benzene rings is 2. The lowest BCUT2D eigenvalue weighted by Crippen LogP contribution is -2.56. The molecule has 1 aliphatic heterocycles. The molecule has 2 aromatic carbocycles. The Morgan fingerprint density at radius 3 is 2.42 bits per heavy atom. The van der Waals surface area contributed by atoms with Crippen molar-refractivity contribution in [2.75, 3.05) is 11.4 Å². The van der Waals surface area contributed by atoms with Gasteiger partial charge in [0.2, 0.25) is 5.91 Å². The van der Waals surface area contributed by atoms with E-state index in [0.717, 1.165) is 42.6 Å². The number of hydrogen-bond acceptors (Lipinski definition) is 3. The molecular formula is C28H34FN3O4. The predicted octanol–water partition coefficient (Wildman–Crippen LogP) is 5.19. The fourth-order valence-electron chi connectivity index (χ4n) is 5.43. The highest BCUT2D eigenvalue weighted by molar-refractivity contribution is 6.04. The van der Waals surface area contributed by atoms with Crippen LogP contribution in [0.15, 0.2) is 48.5 Å². The lowest BCUT2D eigenvalue weighted by atomic mass is 9.93. The first-order valence-corrected chi connectivity index (χ1v) is 12.8. The summed E-state index contributed by atoms with van der Waals surface area (Å²) in [5.41, 5.74) is 1.67. The molecule has 3 amide bonds. The smallest absolute Gasteiger partial charge is 0.407 e. The molecule has 0 spiro atoms. The number of hydrogen-bond donors (Lipinski definition) is 2. The molecule has 2 atom stereocenters. The molecule has 1 saturated heterocycles. The largest absolute Gasteiger partial charge is 0.465 e. The molecule has 0 radical (unpaired) electrons. The number of carboxylic acid groups (broad SMARTS) is 1. The normalized spacial score (nSPS) is 19.4. The van der Waals surface area contributed by atoms with E-state index < -0.39 is 29.9 Å².